The van der Waals surface area contributed by atoms with Gasteiger partial charge in [-0.2, -0.15) is 0 Å². The zero-order valence-corrected chi connectivity index (χ0v) is 11.2. The third-order valence-corrected chi connectivity index (χ3v) is 1.95. The molecule has 0 aromatic heterocycles. The summed E-state index contributed by atoms with van der Waals surface area (Å²) in [6.07, 6.45) is 0. The summed E-state index contributed by atoms with van der Waals surface area (Å²) in [5.41, 5.74) is 7.28. The van der Waals surface area contributed by atoms with E-state index in [1.807, 2.05) is 20.8 Å². The number of hydroxylamine groups is 1. The van der Waals surface area contributed by atoms with E-state index in [1.54, 1.807) is 24.3 Å². The zero-order valence-electron chi connectivity index (χ0n) is 11.2. The number of ether oxygens (including phenoxy) is 1. The van der Waals surface area contributed by atoms with E-state index in [4.69, 9.17) is 15.3 Å². The first-order chi connectivity index (χ1) is 8.78. The third-order valence-electron chi connectivity index (χ3n) is 1.95. The van der Waals surface area contributed by atoms with E-state index in [9.17, 15) is 9.59 Å². The highest BCUT2D eigenvalue weighted by Gasteiger charge is 2.13. The van der Waals surface area contributed by atoms with Gasteiger partial charge in [-0.3, -0.25) is 14.4 Å². The van der Waals surface area contributed by atoms with Crippen LogP contribution in [0.3, 0.4) is 0 Å². The molecule has 0 atom stereocenters. The van der Waals surface area contributed by atoms with Crippen molar-refractivity contribution in [2.75, 3.05) is 6.61 Å². The first-order valence-corrected chi connectivity index (χ1v) is 5.77. The van der Waals surface area contributed by atoms with E-state index >= 15 is 0 Å². The lowest BCUT2D eigenvalue weighted by Gasteiger charge is -2.18. The van der Waals surface area contributed by atoms with Gasteiger partial charge in [0, 0.05) is 5.56 Å². The molecule has 0 saturated carbocycles. The molecule has 0 fully saturated rings. The molecule has 0 unspecified atom stereocenters. The summed E-state index contributed by atoms with van der Waals surface area (Å²) in [6, 6.07) is 6.29. The topological polar surface area (TPSA) is 90.7 Å². The standard InChI is InChI=1S/C13H18N2O4/c1-13(2,3)19-15-12(17)9-4-6-10(7-5-9)18-8-11(14)16/h4-7H,8H2,1-3H3,(H2,14,16)(H,15,17). The van der Waals surface area contributed by atoms with E-state index in [-0.39, 0.29) is 12.5 Å². The maximum atomic E-state index is 11.7. The van der Waals surface area contributed by atoms with Crippen molar-refractivity contribution in [3.05, 3.63) is 29.8 Å². The molecule has 0 radical (unpaired) electrons. The van der Waals surface area contributed by atoms with E-state index in [0.717, 1.165) is 0 Å². The Labute approximate surface area is 111 Å². The molecule has 1 aromatic carbocycles. The molecule has 6 heteroatoms. The molecule has 0 saturated heterocycles. The highest BCUT2D eigenvalue weighted by molar-refractivity contribution is 5.93. The highest BCUT2D eigenvalue weighted by atomic mass is 16.7. The summed E-state index contributed by atoms with van der Waals surface area (Å²) in [5.74, 6) is -0.441. The molecule has 0 aliphatic rings. The van der Waals surface area contributed by atoms with Crippen LogP contribution in [0.1, 0.15) is 31.1 Å². The lowest BCUT2D eigenvalue weighted by atomic mass is 10.2. The van der Waals surface area contributed by atoms with Crippen LogP contribution in [0.15, 0.2) is 24.3 Å². The average molecular weight is 266 g/mol. The van der Waals surface area contributed by atoms with Crippen LogP contribution < -0.4 is 16.0 Å². The van der Waals surface area contributed by atoms with E-state index in [0.29, 0.717) is 11.3 Å². The molecule has 104 valence electrons. The number of carbonyl (C=O) groups excluding carboxylic acids is 2. The van der Waals surface area contributed by atoms with Gasteiger partial charge in [0.2, 0.25) is 0 Å². The number of primary amides is 1. The SMILES string of the molecule is CC(C)(C)ONC(=O)c1ccc(OCC(N)=O)cc1. The Kier molecular flexibility index (Phi) is 4.88. The number of nitrogens with one attached hydrogen (secondary N) is 1. The van der Waals surface area contributed by atoms with Gasteiger partial charge in [0.05, 0.1) is 5.60 Å². The Morgan fingerprint density at radius 2 is 1.79 bits per heavy atom. The highest BCUT2D eigenvalue weighted by Crippen LogP contribution is 2.12. The lowest BCUT2D eigenvalue weighted by Crippen LogP contribution is -2.33. The van der Waals surface area contributed by atoms with Gasteiger partial charge in [-0.05, 0) is 45.0 Å². The van der Waals surface area contributed by atoms with Crippen LogP contribution in [0, 0.1) is 0 Å². The molecule has 1 aromatic rings. The van der Waals surface area contributed by atoms with Crippen molar-refractivity contribution in [3.63, 3.8) is 0 Å². The lowest BCUT2D eigenvalue weighted by molar-refractivity contribution is -0.119. The van der Waals surface area contributed by atoms with Crippen LogP contribution in [-0.4, -0.2) is 24.0 Å². The second-order valence-corrected chi connectivity index (χ2v) is 4.92. The second-order valence-electron chi connectivity index (χ2n) is 4.92. The van der Waals surface area contributed by atoms with Gasteiger partial charge in [-0.25, -0.2) is 5.48 Å². The summed E-state index contributed by atoms with van der Waals surface area (Å²) in [6.45, 7) is 5.29. The van der Waals surface area contributed by atoms with Crippen molar-refractivity contribution in [1.29, 1.82) is 0 Å². The zero-order chi connectivity index (χ0) is 14.5. The van der Waals surface area contributed by atoms with Crippen LogP contribution in [0.5, 0.6) is 5.75 Å². The fraction of sp³-hybridized carbons (Fsp3) is 0.385. The van der Waals surface area contributed by atoms with Crippen molar-refractivity contribution < 1.29 is 19.2 Å². The maximum Gasteiger partial charge on any atom is 0.274 e. The minimum atomic E-state index is -0.555. The van der Waals surface area contributed by atoms with Crippen LogP contribution in [-0.2, 0) is 9.63 Å². The van der Waals surface area contributed by atoms with E-state index < -0.39 is 11.5 Å². The Hall–Kier alpha value is -2.08. The predicted molar refractivity (Wildman–Crippen MR) is 69.4 cm³/mol. The molecule has 0 bridgehead atoms. The van der Waals surface area contributed by atoms with Gasteiger partial charge < -0.3 is 10.5 Å². The van der Waals surface area contributed by atoms with E-state index in [1.165, 1.54) is 0 Å². The fourth-order valence-corrected chi connectivity index (χ4v) is 1.12. The molecule has 0 heterocycles. The Morgan fingerprint density at radius 1 is 1.21 bits per heavy atom. The second kappa shape index (κ2) is 6.19. The number of carbonyl (C=O) groups is 2. The quantitative estimate of drug-likeness (QED) is 0.778. The summed E-state index contributed by atoms with van der Waals surface area (Å²) < 4.78 is 5.08. The number of amides is 2. The Bertz CT molecular complexity index is 449. The van der Waals surface area contributed by atoms with E-state index in [2.05, 4.69) is 5.48 Å². The smallest absolute Gasteiger partial charge is 0.274 e. The van der Waals surface area contributed by atoms with Gasteiger partial charge in [0.25, 0.3) is 11.8 Å². The molecular formula is C13H18N2O4. The molecule has 1 rings (SSSR count). The van der Waals surface area contributed by atoms with Crippen LogP contribution >= 0.6 is 0 Å². The molecule has 6 nitrogen and oxygen atoms in total. The molecule has 0 spiro atoms. The normalized spacial score (nSPS) is 10.9. The average Bonchev–Trinajstić information content (AvgIpc) is 2.33. The predicted octanol–water partition coefficient (Wildman–Crippen LogP) is 1.01. The van der Waals surface area contributed by atoms with Gasteiger partial charge in [-0.1, -0.05) is 0 Å². The minimum absolute atomic E-state index is 0.196. The first-order valence-electron chi connectivity index (χ1n) is 5.77. The maximum absolute atomic E-state index is 11.7. The first kappa shape index (κ1) is 15.0. The number of benzene rings is 1. The van der Waals surface area contributed by atoms with Crippen molar-refractivity contribution >= 4 is 11.8 Å². The van der Waals surface area contributed by atoms with Crippen molar-refractivity contribution in [3.8, 4) is 5.75 Å². The number of hydrogen-bond donors (Lipinski definition) is 2. The largest absolute Gasteiger partial charge is 0.484 e. The minimum Gasteiger partial charge on any atom is -0.484 e. The van der Waals surface area contributed by atoms with Crippen molar-refractivity contribution in [2.45, 2.75) is 26.4 Å². The molecular weight excluding hydrogens is 248 g/mol. The summed E-state index contributed by atoms with van der Waals surface area (Å²) >= 11 is 0. The van der Waals surface area contributed by atoms with Crippen LogP contribution in [0.25, 0.3) is 0 Å². The molecule has 2 amide bonds. The number of nitrogens with two attached hydrogens (primary N) is 1. The van der Waals surface area contributed by atoms with Gasteiger partial charge in [0.15, 0.2) is 6.61 Å². The molecule has 0 aliphatic heterocycles. The summed E-state index contributed by atoms with van der Waals surface area (Å²) in [5, 5.41) is 0. The Morgan fingerprint density at radius 3 is 2.26 bits per heavy atom. The number of rotatable bonds is 5. The summed E-state index contributed by atoms with van der Waals surface area (Å²) in [7, 11) is 0. The van der Waals surface area contributed by atoms with Crippen molar-refractivity contribution in [1.82, 2.24) is 5.48 Å². The van der Waals surface area contributed by atoms with Crippen molar-refractivity contribution in [2.24, 2.45) is 5.73 Å². The molecule has 19 heavy (non-hydrogen) atoms. The molecule has 3 N–H and O–H groups in total. The van der Waals surface area contributed by atoms with Crippen LogP contribution in [0.2, 0.25) is 0 Å². The third kappa shape index (κ3) is 5.87. The summed E-state index contributed by atoms with van der Waals surface area (Å²) in [4.78, 5) is 27.4. The molecule has 0 aliphatic carbocycles. The number of hydrogen-bond acceptors (Lipinski definition) is 4. The van der Waals surface area contributed by atoms with Gasteiger partial charge >= 0.3 is 0 Å². The van der Waals surface area contributed by atoms with Gasteiger partial charge in [0.1, 0.15) is 5.75 Å². The van der Waals surface area contributed by atoms with Gasteiger partial charge in [-0.15, -0.1) is 0 Å². The monoisotopic (exact) mass is 266 g/mol. The van der Waals surface area contributed by atoms with Crippen LogP contribution in [0.4, 0.5) is 0 Å². The fourth-order valence-electron chi connectivity index (χ4n) is 1.12. The Balaban J connectivity index is 2.55.